The Morgan fingerprint density at radius 3 is 2.37 bits per heavy atom. The van der Waals surface area contributed by atoms with Crippen LogP contribution in [0.1, 0.15) is 43.6 Å². The van der Waals surface area contributed by atoms with Crippen molar-refractivity contribution in [2.45, 2.75) is 50.0 Å². The molecule has 3 atom stereocenters. The van der Waals surface area contributed by atoms with Crippen LogP contribution in [0.4, 0.5) is 8.78 Å². The van der Waals surface area contributed by atoms with Crippen molar-refractivity contribution in [1.29, 1.82) is 0 Å². The molecular weight excluding hydrogens is 244 g/mol. The lowest BCUT2D eigenvalue weighted by molar-refractivity contribution is -0.0489. The standard InChI is InChI=1S/C16H21F2N/c17-16(18)8-6-12(7-9-16)15(19)14-10-13(14)11-4-2-1-3-5-11/h1-5,12-15H,6-10,19H2. The van der Waals surface area contributed by atoms with Gasteiger partial charge in [0.05, 0.1) is 0 Å². The van der Waals surface area contributed by atoms with E-state index in [0.717, 1.165) is 6.42 Å². The van der Waals surface area contributed by atoms with Crippen LogP contribution in [0.2, 0.25) is 0 Å². The van der Waals surface area contributed by atoms with Crippen LogP contribution in [-0.2, 0) is 0 Å². The Bertz CT molecular complexity index is 422. The zero-order chi connectivity index (χ0) is 13.5. The van der Waals surface area contributed by atoms with Crippen molar-refractivity contribution in [2.24, 2.45) is 17.6 Å². The highest BCUT2D eigenvalue weighted by atomic mass is 19.3. The van der Waals surface area contributed by atoms with E-state index < -0.39 is 5.92 Å². The molecule has 2 aliphatic carbocycles. The first-order chi connectivity index (χ1) is 9.07. The predicted octanol–water partition coefficient (Wildman–Crippen LogP) is 3.94. The summed E-state index contributed by atoms with van der Waals surface area (Å²) in [5.41, 5.74) is 7.68. The van der Waals surface area contributed by atoms with E-state index in [1.165, 1.54) is 5.56 Å². The molecular formula is C16H21F2N. The van der Waals surface area contributed by atoms with Crippen molar-refractivity contribution in [3.05, 3.63) is 35.9 Å². The summed E-state index contributed by atoms with van der Waals surface area (Å²) in [5, 5.41) is 0. The van der Waals surface area contributed by atoms with Crippen LogP contribution in [0.25, 0.3) is 0 Å². The van der Waals surface area contributed by atoms with Crippen LogP contribution in [-0.4, -0.2) is 12.0 Å². The fraction of sp³-hybridized carbons (Fsp3) is 0.625. The zero-order valence-corrected chi connectivity index (χ0v) is 11.1. The van der Waals surface area contributed by atoms with Crippen LogP contribution in [0, 0.1) is 11.8 Å². The molecule has 1 nitrogen and oxygen atoms in total. The highest BCUT2D eigenvalue weighted by molar-refractivity contribution is 5.26. The first-order valence-electron chi connectivity index (χ1n) is 7.25. The summed E-state index contributed by atoms with van der Waals surface area (Å²) in [6.07, 6.45) is 2.35. The topological polar surface area (TPSA) is 26.0 Å². The van der Waals surface area contributed by atoms with Gasteiger partial charge in [-0.1, -0.05) is 30.3 Å². The number of hydrogen-bond donors (Lipinski definition) is 1. The summed E-state index contributed by atoms with van der Waals surface area (Å²) >= 11 is 0. The van der Waals surface area contributed by atoms with Crippen molar-refractivity contribution >= 4 is 0 Å². The lowest BCUT2D eigenvalue weighted by Gasteiger charge is -2.32. The van der Waals surface area contributed by atoms with Crippen LogP contribution >= 0.6 is 0 Å². The maximum absolute atomic E-state index is 13.2. The predicted molar refractivity (Wildman–Crippen MR) is 72.2 cm³/mol. The molecule has 104 valence electrons. The molecule has 0 aromatic heterocycles. The number of nitrogens with two attached hydrogens (primary N) is 1. The molecule has 0 aliphatic heterocycles. The first-order valence-corrected chi connectivity index (χ1v) is 7.25. The van der Waals surface area contributed by atoms with E-state index in [9.17, 15) is 8.78 Å². The van der Waals surface area contributed by atoms with Crippen LogP contribution in [0.15, 0.2) is 30.3 Å². The summed E-state index contributed by atoms with van der Waals surface area (Å²) in [5.74, 6) is -1.10. The van der Waals surface area contributed by atoms with Crippen molar-refractivity contribution in [2.75, 3.05) is 0 Å². The molecule has 3 rings (SSSR count). The molecule has 2 N–H and O–H groups in total. The van der Waals surface area contributed by atoms with Gasteiger partial charge in [-0.05, 0) is 42.6 Å². The average molecular weight is 265 g/mol. The largest absolute Gasteiger partial charge is 0.327 e. The van der Waals surface area contributed by atoms with Gasteiger partial charge in [-0.2, -0.15) is 0 Å². The van der Waals surface area contributed by atoms with Gasteiger partial charge in [0.25, 0.3) is 0 Å². The number of benzene rings is 1. The van der Waals surface area contributed by atoms with E-state index >= 15 is 0 Å². The van der Waals surface area contributed by atoms with Crippen molar-refractivity contribution in [3.63, 3.8) is 0 Å². The first kappa shape index (κ1) is 13.0. The summed E-state index contributed by atoms with van der Waals surface area (Å²) in [6, 6.07) is 10.5. The van der Waals surface area contributed by atoms with Crippen molar-refractivity contribution in [1.82, 2.24) is 0 Å². The normalized spacial score (nSPS) is 31.9. The molecule has 0 saturated heterocycles. The third kappa shape index (κ3) is 2.81. The van der Waals surface area contributed by atoms with Crippen molar-refractivity contribution in [3.8, 4) is 0 Å². The van der Waals surface area contributed by atoms with Gasteiger partial charge in [-0.15, -0.1) is 0 Å². The van der Waals surface area contributed by atoms with Gasteiger partial charge in [0.1, 0.15) is 0 Å². The highest BCUT2D eigenvalue weighted by Gasteiger charge is 2.47. The third-order valence-electron chi connectivity index (χ3n) is 4.87. The second-order valence-electron chi connectivity index (χ2n) is 6.19. The minimum atomic E-state index is -2.45. The number of hydrogen-bond acceptors (Lipinski definition) is 1. The fourth-order valence-electron chi connectivity index (χ4n) is 3.52. The Morgan fingerprint density at radius 1 is 1.11 bits per heavy atom. The molecule has 0 radical (unpaired) electrons. The summed E-state index contributed by atoms with van der Waals surface area (Å²) in [4.78, 5) is 0. The minimum Gasteiger partial charge on any atom is -0.327 e. The summed E-state index contributed by atoms with van der Waals surface area (Å²) < 4.78 is 26.3. The van der Waals surface area contributed by atoms with Crippen LogP contribution in [0.3, 0.4) is 0 Å². The number of rotatable bonds is 3. The SMILES string of the molecule is NC(C1CCC(F)(F)CC1)C1CC1c1ccccc1. The smallest absolute Gasteiger partial charge is 0.248 e. The lowest BCUT2D eigenvalue weighted by Crippen LogP contribution is -2.37. The Morgan fingerprint density at radius 2 is 1.74 bits per heavy atom. The van der Waals surface area contributed by atoms with Gasteiger partial charge in [0, 0.05) is 18.9 Å². The maximum atomic E-state index is 13.2. The molecule has 1 aromatic rings. The van der Waals surface area contributed by atoms with Gasteiger partial charge >= 0.3 is 0 Å². The van der Waals surface area contributed by atoms with E-state index in [1.54, 1.807) is 0 Å². The third-order valence-corrected chi connectivity index (χ3v) is 4.87. The maximum Gasteiger partial charge on any atom is 0.248 e. The van der Waals surface area contributed by atoms with Gasteiger partial charge in [0.15, 0.2) is 0 Å². The molecule has 0 bridgehead atoms. The Hall–Kier alpha value is -0.960. The molecule has 19 heavy (non-hydrogen) atoms. The molecule has 3 unspecified atom stereocenters. The van der Waals surface area contributed by atoms with E-state index in [-0.39, 0.29) is 18.9 Å². The fourth-order valence-corrected chi connectivity index (χ4v) is 3.52. The lowest BCUT2D eigenvalue weighted by atomic mass is 9.80. The second-order valence-corrected chi connectivity index (χ2v) is 6.19. The highest BCUT2D eigenvalue weighted by Crippen LogP contribution is 2.52. The average Bonchev–Trinajstić information content (AvgIpc) is 3.19. The molecule has 0 heterocycles. The molecule has 2 saturated carbocycles. The molecule has 0 amide bonds. The molecule has 2 aliphatic rings. The minimum absolute atomic E-state index is 0.0219. The number of halogens is 2. The van der Waals surface area contributed by atoms with Gasteiger partial charge < -0.3 is 5.73 Å². The van der Waals surface area contributed by atoms with E-state index in [1.807, 2.05) is 6.07 Å². The summed E-state index contributed by atoms with van der Waals surface area (Å²) in [7, 11) is 0. The van der Waals surface area contributed by atoms with E-state index in [2.05, 4.69) is 24.3 Å². The molecule has 2 fully saturated rings. The van der Waals surface area contributed by atoms with Gasteiger partial charge in [0.2, 0.25) is 5.92 Å². The van der Waals surface area contributed by atoms with Gasteiger partial charge in [-0.3, -0.25) is 0 Å². The zero-order valence-electron chi connectivity index (χ0n) is 11.1. The Balaban J connectivity index is 1.57. The quantitative estimate of drug-likeness (QED) is 0.880. The van der Waals surface area contributed by atoms with Crippen LogP contribution in [0.5, 0.6) is 0 Å². The Labute approximate surface area is 113 Å². The second kappa shape index (κ2) is 4.86. The molecule has 1 aromatic carbocycles. The number of alkyl halides is 2. The monoisotopic (exact) mass is 265 g/mol. The molecule has 0 spiro atoms. The van der Waals surface area contributed by atoms with E-state index in [4.69, 9.17) is 5.73 Å². The molecule has 3 heteroatoms. The van der Waals surface area contributed by atoms with Crippen molar-refractivity contribution < 1.29 is 8.78 Å². The van der Waals surface area contributed by atoms with Crippen LogP contribution < -0.4 is 5.73 Å². The summed E-state index contributed by atoms with van der Waals surface area (Å²) in [6.45, 7) is 0. The van der Waals surface area contributed by atoms with E-state index in [0.29, 0.717) is 30.6 Å². The van der Waals surface area contributed by atoms with Gasteiger partial charge in [-0.25, -0.2) is 8.78 Å². The Kier molecular flexibility index (Phi) is 3.34.